The maximum atomic E-state index is 13.1. The smallest absolute Gasteiger partial charge is 0.338 e. The summed E-state index contributed by atoms with van der Waals surface area (Å²) in [7, 11) is -0.931. The maximum Gasteiger partial charge on any atom is 0.338 e. The molecule has 2 aromatic carbocycles. The minimum absolute atomic E-state index is 0.00657. The van der Waals surface area contributed by atoms with Crippen LogP contribution < -0.4 is 9.47 Å². The molecule has 0 unspecified atom stereocenters. The second-order valence-corrected chi connectivity index (χ2v) is 9.85. The molecule has 1 saturated heterocycles. The second kappa shape index (κ2) is 11.0. The van der Waals surface area contributed by atoms with Gasteiger partial charge in [-0.15, -0.1) is 0 Å². The average Bonchev–Trinajstić information content (AvgIpc) is 3.12. The Morgan fingerprint density at radius 3 is 2.18 bits per heavy atom. The molecule has 1 heterocycles. The van der Waals surface area contributed by atoms with Crippen molar-refractivity contribution in [3.63, 3.8) is 0 Å². The molecule has 0 aromatic heterocycles. The quantitative estimate of drug-likeness (QED) is 0.403. The van der Waals surface area contributed by atoms with Crippen LogP contribution in [0.3, 0.4) is 0 Å². The van der Waals surface area contributed by atoms with Crippen LogP contribution in [0, 0.1) is 0 Å². The van der Waals surface area contributed by atoms with Gasteiger partial charge in [-0.25, -0.2) is 13.2 Å². The number of hydrogen-bond acceptors (Lipinski definition) is 7. The normalized spacial score (nSPS) is 14.9. The number of carbonyl (C=O) groups excluding carboxylic acids is 2. The summed E-state index contributed by atoms with van der Waals surface area (Å²) in [5, 5.41) is 0.0252. The Bertz CT molecular complexity index is 1130. The van der Waals surface area contributed by atoms with Crippen molar-refractivity contribution in [2.24, 2.45) is 0 Å². The van der Waals surface area contributed by atoms with Crippen LogP contribution in [0.25, 0.3) is 0 Å². The zero-order valence-corrected chi connectivity index (χ0v) is 20.1. The third-order valence-electron chi connectivity index (χ3n) is 5.39. The van der Waals surface area contributed by atoms with E-state index in [4.69, 9.17) is 25.8 Å². The maximum absolute atomic E-state index is 13.1. The van der Waals surface area contributed by atoms with E-state index in [0.717, 1.165) is 25.7 Å². The van der Waals surface area contributed by atoms with Crippen molar-refractivity contribution in [2.45, 2.75) is 30.6 Å². The van der Waals surface area contributed by atoms with Gasteiger partial charge in [-0.05, 0) is 49.2 Å². The molecule has 1 aliphatic heterocycles. The van der Waals surface area contributed by atoms with Crippen molar-refractivity contribution in [1.82, 2.24) is 4.31 Å². The van der Waals surface area contributed by atoms with Crippen molar-refractivity contribution < 1.29 is 32.2 Å². The van der Waals surface area contributed by atoms with E-state index in [1.54, 1.807) is 6.07 Å². The number of sulfonamides is 1. The molecule has 0 aliphatic carbocycles. The predicted octanol–water partition coefficient (Wildman–Crippen LogP) is 3.96. The monoisotopic (exact) mass is 495 g/mol. The summed E-state index contributed by atoms with van der Waals surface area (Å²) in [5.74, 6) is -0.440. The van der Waals surface area contributed by atoms with Crippen LogP contribution >= 0.6 is 11.6 Å². The molecule has 0 atom stereocenters. The van der Waals surface area contributed by atoms with Crippen LogP contribution in [0.1, 0.15) is 46.4 Å². The zero-order chi connectivity index (χ0) is 24.0. The molecule has 8 nitrogen and oxygen atoms in total. The summed E-state index contributed by atoms with van der Waals surface area (Å²) >= 11 is 6.17. The number of methoxy groups -OCH3 is 2. The number of hydrogen-bond donors (Lipinski definition) is 0. The Labute approximate surface area is 198 Å². The SMILES string of the molecule is COc1ccc(C(=O)COC(=O)c2ccc(Cl)c(S(=O)(=O)N3CCCCCC3)c2)cc1OC. The molecule has 178 valence electrons. The second-order valence-electron chi connectivity index (χ2n) is 7.53. The standard InChI is InChI=1S/C23H26ClNO7S/c1-30-20-10-8-16(13-21(20)31-2)19(26)15-32-23(27)17-7-9-18(24)22(14-17)33(28,29)25-11-5-3-4-6-12-25/h7-10,13-14H,3-6,11-12,15H2,1-2H3. The van der Waals surface area contributed by atoms with Crippen LogP contribution in [0.5, 0.6) is 11.5 Å². The molecule has 1 fully saturated rings. The lowest BCUT2D eigenvalue weighted by atomic mass is 10.1. The fourth-order valence-electron chi connectivity index (χ4n) is 3.56. The first kappa shape index (κ1) is 25.0. The van der Waals surface area contributed by atoms with E-state index in [9.17, 15) is 18.0 Å². The lowest BCUT2D eigenvalue weighted by Crippen LogP contribution is -2.32. The van der Waals surface area contributed by atoms with E-state index in [0.29, 0.717) is 24.6 Å². The first-order valence-electron chi connectivity index (χ1n) is 10.5. The number of nitrogens with zero attached hydrogens (tertiary/aromatic N) is 1. The number of halogens is 1. The topological polar surface area (TPSA) is 99.2 Å². The van der Waals surface area contributed by atoms with Gasteiger partial charge >= 0.3 is 5.97 Å². The van der Waals surface area contributed by atoms with E-state index in [-0.39, 0.29) is 21.0 Å². The van der Waals surface area contributed by atoms with Crippen LogP contribution in [0.15, 0.2) is 41.3 Å². The molecule has 0 radical (unpaired) electrons. The number of carbonyl (C=O) groups is 2. The van der Waals surface area contributed by atoms with E-state index in [1.165, 1.54) is 48.9 Å². The summed E-state index contributed by atoms with van der Waals surface area (Å²) in [6.07, 6.45) is 3.49. The lowest BCUT2D eigenvalue weighted by molar-refractivity contribution is 0.0474. The Morgan fingerprint density at radius 2 is 1.55 bits per heavy atom. The Morgan fingerprint density at radius 1 is 0.909 bits per heavy atom. The lowest BCUT2D eigenvalue weighted by Gasteiger charge is -2.21. The van der Waals surface area contributed by atoms with Crippen LogP contribution in [0.2, 0.25) is 5.02 Å². The van der Waals surface area contributed by atoms with Gasteiger partial charge in [-0.3, -0.25) is 4.79 Å². The van der Waals surface area contributed by atoms with Crippen LogP contribution in [0.4, 0.5) is 0 Å². The third kappa shape index (κ3) is 5.85. The van der Waals surface area contributed by atoms with Gasteiger partial charge in [-0.2, -0.15) is 4.31 Å². The van der Waals surface area contributed by atoms with Gasteiger partial charge in [-0.1, -0.05) is 24.4 Å². The van der Waals surface area contributed by atoms with Gasteiger partial charge in [0.15, 0.2) is 23.9 Å². The van der Waals surface area contributed by atoms with Gasteiger partial charge in [0.2, 0.25) is 10.0 Å². The largest absolute Gasteiger partial charge is 0.493 e. The molecule has 0 saturated carbocycles. The molecule has 0 bridgehead atoms. The summed E-state index contributed by atoms with van der Waals surface area (Å²) in [4.78, 5) is 24.9. The summed E-state index contributed by atoms with van der Waals surface area (Å²) in [6.45, 7) is 0.297. The van der Waals surface area contributed by atoms with Crippen molar-refractivity contribution in [3.8, 4) is 11.5 Å². The number of Topliss-reactive ketones (excluding diaryl/α,β-unsaturated/α-hetero) is 1. The van der Waals surface area contributed by atoms with Gasteiger partial charge in [0.25, 0.3) is 0 Å². The molecule has 33 heavy (non-hydrogen) atoms. The number of rotatable bonds is 8. The highest BCUT2D eigenvalue weighted by Gasteiger charge is 2.28. The van der Waals surface area contributed by atoms with Gasteiger partial charge in [0.05, 0.1) is 24.8 Å². The summed E-state index contributed by atoms with van der Waals surface area (Å²) in [5.41, 5.74) is 0.272. The van der Waals surface area contributed by atoms with Crippen LogP contribution in [-0.4, -0.2) is 58.4 Å². The molecule has 10 heteroatoms. The Hall–Kier alpha value is -2.62. The first-order chi connectivity index (χ1) is 15.8. The van der Waals surface area contributed by atoms with E-state index < -0.39 is 28.4 Å². The fourth-order valence-corrected chi connectivity index (χ4v) is 5.57. The molecular weight excluding hydrogens is 470 g/mol. The number of benzene rings is 2. The third-order valence-corrected chi connectivity index (χ3v) is 7.77. The summed E-state index contributed by atoms with van der Waals surface area (Å²) in [6, 6.07) is 8.51. The molecule has 0 amide bonds. The Balaban J connectivity index is 1.74. The number of esters is 1. The molecular formula is C23H26ClNO7S. The minimum atomic E-state index is -3.86. The molecule has 0 N–H and O–H groups in total. The highest BCUT2D eigenvalue weighted by molar-refractivity contribution is 7.89. The van der Waals surface area contributed by atoms with E-state index in [1.807, 2.05) is 0 Å². The highest BCUT2D eigenvalue weighted by atomic mass is 35.5. The van der Waals surface area contributed by atoms with Gasteiger partial charge < -0.3 is 14.2 Å². The van der Waals surface area contributed by atoms with Crippen molar-refractivity contribution in [2.75, 3.05) is 33.9 Å². The molecule has 1 aliphatic rings. The zero-order valence-electron chi connectivity index (χ0n) is 18.5. The van der Waals surface area contributed by atoms with Gasteiger partial charge in [0, 0.05) is 18.7 Å². The van der Waals surface area contributed by atoms with Gasteiger partial charge in [0.1, 0.15) is 4.90 Å². The highest BCUT2D eigenvalue weighted by Crippen LogP contribution is 2.29. The Kier molecular flexibility index (Phi) is 8.34. The van der Waals surface area contributed by atoms with E-state index >= 15 is 0 Å². The number of ketones is 1. The predicted molar refractivity (Wildman–Crippen MR) is 123 cm³/mol. The number of ether oxygens (including phenoxy) is 3. The van der Waals surface area contributed by atoms with Crippen molar-refractivity contribution in [1.29, 1.82) is 0 Å². The van der Waals surface area contributed by atoms with Crippen molar-refractivity contribution >= 4 is 33.4 Å². The fraction of sp³-hybridized carbons (Fsp3) is 0.391. The summed E-state index contributed by atoms with van der Waals surface area (Å²) < 4.78 is 43.1. The van der Waals surface area contributed by atoms with Crippen molar-refractivity contribution in [3.05, 3.63) is 52.5 Å². The molecule has 0 spiro atoms. The minimum Gasteiger partial charge on any atom is -0.493 e. The molecule has 2 aromatic rings. The molecule has 3 rings (SSSR count). The first-order valence-corrected chi connectivity index (χ1v) is 12.3. The van der Waals surface area contributed by atoms with E-state index in [2.05, 4.69) is 0 Å². The van der Waals surface area contributed by atoms with Crippen LogP contribution in [-0.2, 0) is 14.8 Å². The average molecular weight is 496 g/mol.